The monoisotopic (exact) mass is 308 g/mol. The highest BCUT2D eigenvalue weighted by Gasteiger charge is 2.13. The lowest BCUT2D eigenvalue weighted by molar-refractivity contribution is 0.313. The predicted molar refractivity (Wildman–Crippen MR) is 80.2 cm³/mol. The molecule has 0 amide bonds. The quantitative estimate of drug-likeness (QED) is 0.849. The molecule has 0 saturated heterocycles. The molecule has 0 heterocycles. The largest absolute Gasteiger partial charge is 0.324 e. The first-order chi connectivity index (χ1) is 8.65. The van der Waals surface area contributed by atoms with Crippen molar-refractivity contribution >= 4 is 15.9 Å². The molecule has 0 atom stereocenters. The summed E-state index contributed by atoms with van der Waals surface area (Å²) in [6.45, 7) is 0. The smallest absolute Gasteiger partial charge is 0.0259 e. The summed E-state index contributed by atoms with van der Waals surface area (Å²) in [6, 6.07) is 8.66. The molecular weight excluding hydrogens is 288 g/mol. The summed E-state index contributed by atoms with van der Waals surface area (Å²) in [5.74, 6) is 0. The molecular formula is C15H21BrN2. The van der Waals surface area contributed by atoms with E-state index >= 15 is 0 Å². The van der Waals surface area contributed by atoms with Gasteiger partial charge in [-0.3, -0.25) is 0 Å². The van der Waals surface area contributed by atoms with Crippen molar-refractivity contribution in [2.24, 2.45) is 0 Å². The molecule has 98 valence electrons. The second-order valence-corrected chi connectivity index (χ2v) is 6.01. The first kappa shape index (κ1) is 13.6. The first-order valence-corrected chi connectivity index (χ1v) is 7.34. The summed E-state index contributed by atoms with van der Waals surface area (Å²) >= 11 is 3.48. The van der Waals surface area contributed by atoms with Crippen LogP contribution in [-0.4, -0.2) is 19.1 Å². The van der Waals surface area contributed by atoms with Crippen LogP contribution < -0.4 is 5.43 Å². The van der Waals surface area contributed by atoms with Gasteiger partial charge in [0.2, 0.25) is 0 Å². The van der Waals surface area contributed by atoms with E-state index in [4.69, 9.17) is 0 Å². The van der Waals surface area contributed by atoms with Gasteiger partial charge in [-0.25, -0.2) is 5.01 Å². The number of halogens is 1. The van der Waals surface area contributed by atoms with Gasteiger partial charge in [-0.05, 0) is 55.4 Å². The lowest BCUT2D eigenvalue weighted by atomic mass is 9.92. The Morgan fingerprint density at radius 2 is 1.78 bits per heavy atom. The van der Waals surface area contributed by atoms with E-state index < -0.39 is 0 Å². The van der Waals surface area contributed by atoms with Gasteiger partial charge in [0.15, 0.2) is 0 Å². The van der Waals surface area contributed by atoms with Crippen molar-refractivity contribution in [2.75, 3.05) is 14.1 Å². The van der Waals surface area contributed by atoms with Crippen LogP contribution in [0.4, 0.5) is 0 Å². The Morgan fingerprint density at radius 3 is 2.44 bits per heavy atom. The molecule has 3 heteroatoms. The Balaban J connectivity index is 2.13. The molecule has 0 fully saturated rings. The van der Waals surface area contributed by atoms with Crippen molar-refractivity contribution in [1.82, 2.24) is 10.4 Å². The van der Waals surface area contributed by atoms with Crippen LogP contribution >= 0.6 is 15.9 Å². The molecule has 0 aromatic heterocycles. The molecule has 0 spiro atoms. The van der Waals surface area contributed by atoms with Crippen LogP contribution in [0.25, 0.3) is 0 Å². The molecule has 2 rings (SSSR count). The van der Waals surface area contributed by atoms with Crippen LogP contribution in [0.2, 0.25) is 0 Å². The number of hydrazine groups is 1. The van der Waals surface area contributed by atoms with Gasteiger partial charge in [-0.15, -0.1) is 0 Å². The van der Waals surface area contributed by atoms with Crippen molar-refractivity contribution < 1.29 is 0 Å². The molecule has 0 radical (unpaired) electrons. The molecule has 1 N–H and O–H groups in total. The van der Waals surface area contributed by atoms with Gasteiger partial charge in [-0.1, -0.05) is 28.1 Å². The van der Waals surface area contributed by atoms with Crippen LogP contribution in [-0.2, 0) is 6.42 Å². The van der Waals surface area contributed by atoms with Crippen molar-refractivity contribution in [3.8, 4) is 0 Å². The fourth-order valence-corrected chi connectivity index (χ4v) is 2.68. The highest BCUT2D eigenvalue weighted by Crippen LogP contribution is 2.26. The van der Waals surface area contributed by atoms with Gasteiger partial charge in [0.1, 0.15) is 0 Å². The zero-order chi connectivity index (χ0) is 13.0. The first-order valence-electron chi connectivity index (χ1n) is 6.54. The second kappa shape index (κ2) is 6.39. The fraction of sp³-hybridized carbons (Fsp3) is 0.467. The van der Waals surface area contributed by atoms with Gasteiger partial charge in [0.05, 0.1) is 0 Å². The minimum Gasteiger partial charge on any atom is -0.324 e. The van der Waals surface area contributed by atoms with Gasteiger partial charge in [0.25, 0.3) is 0 Å². The minimum atomic E-state index is 1.07. The van der Waals surface area contributed by atoms with E-state index in [0.29, 0.717) is 0 Å². The molecule has 1 aliphatic carbocycles. The van der Waals surface area contributed by atoms with Crippen molar-refractivity contribution in [3.05, 3.63) is 45.6 Å². The van der Waals surface area contributed by atoms with E-state index in [1.807, 2.05) is 5.01 Å². The number of rotatable bonds is 4. The standard InChI is InChI=1S/C15H21BrN2/c1-18(2)17-15-6-4-3-5-13(15)11-12-7-9-14(16)10-8-12/h7-10,17H,3-6,11H2,1-2H3. The third-order valence-electron chi connectivity index (χ3n) is 3.27. The van der Waals surface area contributed by atoms with Crippen molar-refractivity contribution in [3.63, 3.8) is 0 Å². The minimum absolute atomic E-state index is 1.07. The topological polar surface area (TPSA) is 15.3 Å². The molecule has 0 aliphatic heterocycles. The highest BCUT2D eigenvalue weighted by atomic mass is 79.9. The molecule has 1 aliphatic rings. The van der Waals surface area contributed by atoms with E-state index in [-0.39, 0.29) is 0 Å². The van der Waals surface area contributed by atoms with Crippen LogP contribution in [0.3, 0.4) is 0 Å². The molecule has 2 nitrogen and oxygen atoms in total. The normalized spacial score (nSPS) is 16.2. The molecule has 1 aromatic rings. The summed E-state index contributed by atoms with van der Waals surface area (Å²) < 4.78 is 1.15. The average Bonchev–Trinajstić information content (AvgIpc) is 2.34. The molecule has 18 heavy (non-hydrogen) atoms. The lowest BCUT2D eigenvalue weighted by Gasteiger charge is -2.25. The third-order valence-corrected chi connectivity index (χ3v) is 3.80. The zero-order valence-electron chi connectivity index (χ0n) is 11.2. The van der Waals surface area contributed by atoms with E-state index in [2.05, 4.69) is 59.7 Å². The van der Waals surface area contributed by atoms with Crippen LogP contribution in [0.1, 0.15) is 31.2 Å². The average molecular weight is 309 g/mol. The summed E-state index contributed by atoms with van der Waals surface area (Å²) in [7, 11) is 4.11. The molecule has 0 unspecified atom stereocenters. The number of benzene rings is 1. The van der Waals surface area contributed by atoms with E-state index in [0.717, 1.165) is 10.9 Å². The Hall–Kier alpha value is -0.800. The van der Waals surface area contributed by atoms with Gasteiger partial charge >= 0.3 is 0 Å². The number of allylic oxidation sites excluding steroid dienone is 2. The maximum absolute atomic E-state index is 3.48. The molecule has 1 aromatic carbocycles. The predicted octanol–water partition coefficient (Wildman–Crippen LogP) is 3.89. The fourth-order valence-electron chi connectivity index (χ4n) is 2.42. The third kappa shape index (κ3) is 3.85. The SMILES string of the molecule is CN(C)NC1=C(Cc2ccc(Br)cc2)CCCC1. The number of nitrogens with one attached hydrogen (secondary N) is 1. The van der Waals surface area contributed by atoms with Crippen molar-refractivity contribution in [1.29, 1.82) is 0 Å². The number of hydrogen-bond donors (Lipinski definition) is 1. The molecule has 0 bridgehead atoms. The van der Waals surface area contributed by atoms with Gasteiger partial charge in [0, 0.05) is 24.3 Å². The summed E-state index contributed by atoms with van der Waals surface area (Å²) in [6.07, 6.45) is 6.12. The van der Waals surface area contributed by atoms with E-state index in [9.17, 15) is 0 Å². The maximum atomic E-state index is 3.48. The molecule has 0 saturated carbocycles. The summed E-state index contributed by atoms with van der Waals surface area (Å²) in [5, 5.41) is 2.04. The second-order valence-electron chi connectivity index (χ2n) is 5.10. The van der Waals surface area contributed by atoms with Crippen LogP contribution in [0.15, 0.2) is 40.0 Å². The lowest BCUT2D eigenvalue weighted by Crippen LogP contribution is -2.31. The van der Waals surface area contributed by atoms with E-state index in [1.165, 1.54) is 36.9 Å². The summed E-state index contributed by atoms with van der Waals surface area (Å²) in [5.41, 5.74) is 7.86. The zero-order valence-corrected chi connectivity index (χ0v) is 12.8. The van der Waals surface area contributed by atoms with E-state index in [1.54, 1.807) is 5.57 Å². The Morgan fingerprint density at radius 1 is 1.11 bits per heavy atom. The highest BCUT2D eigenvalue weighted by molar-refractivity contribution is 9.10. The summed E-state index contributed by atoms with van der Waals surface area (Å²) in [4.78, 5) is 0. The number of nitrogens with zero attached hydrogens (tertiary/aromatic N) is 1. The van der Waals surface area contributed by atoms with Crippen LogP contribution in [0, 0.1) is 0 Å². The maximum Gasteiger partial charge on any atom is 0.0259 e. The Bertz CT molecular complexity index is 421. The van der Waals surface area contributed by atoms with Crippen LogP contribution in [0.5, 0.6) is 0 Å². The van der Waals surface area contributed by atoms with Crippen molar-refractivity contribution in [2.45, 2.75) is 32.1 Å². The van der Waals surface area contributed by atoms with Gasteiger partial charge in [-0.2, -0.15) is 0 Å². The Kier molecular flexibility index (Phi) is 4.84. The Labute approximate surface area is 118 Å². The number of hydrogen-bond acceptors (Lipinski definition) is 2. The van der Waals surface area contributed by atoms with Gasteiger partial charge < -0.3 is 5.43 Å².